The van der Waals surface area contributed by atoms with Gasteiger partial charge in [0.2, 0.25) is 0 Å². The van der Waals surface area contributed by atoms with Gasteiger partial charge in [-0.05, 0) is 42.0 Å². The van der Waals surface area contributed by atoms with E-state index in [1.165, 1.54) is 6.07 Å². The van der Waals surface area contributed by atoms with Crippen LogP contribution in [0, 0.1) is 5.82 Å². The molecular weight excluding hydrogens is 341 g/mol. The van der Waals surface area contributed by atoms with E-state index in [-0.39, 0.29) is 17.5 Å². The van der Waals surface area contributed by atoms with Crippen LogP contribution in [-0.4, -0.2) is 36.0 Å². The predicted molar refractivity (Wildman–Crippen MR) is 104 cm³/mol. The molecule has 1 amide bonds. The molecule has 0 spiro atoms. The Labute approximate surface area is 158 Å². The van der Waals surface area contributed by atoms with Crippen molar-refractivity contribution in [3.8, 4) is 0 Å². The van der Waals surface area contributed by atoms with Crippen molar-refractivity contribution in [2.75, 3.05) is 25.5 Å². The van der Waals surface area contributed by atoms with Crippen molar-refractivity contribution >= 4 is 11.6 Å². The first kappa shape index (κ1) is 17.3. The Kier molecular flexibility index (Phi) is 4.44. The molecule has 1 aliphatic rings. The lowest BCUT2D eigenvalue weighted by Crippen LogP contribution is -2.42. The Hall–Kier alpha value is -3.08. The normalized spacial score (nSPS) is 16.1. The van der Waals surface area contributed by atoms with E-state index in [4.69, 9.17) is 0 Å². The van der Waals surface area contributed by atoms with Gasteiger partial charge in [-0.25, -0.2) is 4.39 Å². The van der Waals surface area contributed by atoms with Gasteiger partial charge < -0.3 is 14.4 Å². The third-order valence-corrected chi connectivity index (χ3v) is 5.13. The minimum atomic E-state index is -0.481. The molecule has 1 aromatic heterocycles. The number of amides is 1. The molecule has 0 N–H and O–H groups in total. The number of carbonyl (C=O) groups is 1. The lowest BCUT2D eigenvalue weighted by atomic mass is 9.98. The van der Waals surface area contributed by atoms with Gasteiger partial charge in [0.15, 0.2) is 0 Å². The molecule has 2 aromatic carbocycles. The summed E-state index contributed by atoms with van der Waals surface area (Å²) >= 11 is 0. The molecular formula is C22H22FN3O. The molecule has 2 heterocycles. The highest BCUT2D eigenvalue weighted by Gasteiger charge is 2.33. The highest BCUT2D eigenvalue weighted by molar-refractivity contribution is 5.95. The number of aromatic nitrogens is 1. The van der Waals surface area contributed by atoms with Crippen LogP contribution in [0.3, 0.4) is 0 Å². The van der Waals surface area contributed by atoms with E-state index in [0.29, 0.717) is 13.1 Å². The summed E-state index contributed by atoms with van der Waals surface area (Å²) in [6.45, 7) is 1.24. The second-order valence-corrected chi connectivity index (χ2v) is 6.99. The topological polar surface area (TPSA) is 28.5 Å². The maximum absolute atomic E-state index is 14.2. The van der Waals surface area contributed by atoms with E-state index in [1.54, 1.807) is 23.1 Å². The maximum Gasteiger partial charge on any atom is 0.257 e. The van der Waals surface area contributed by atoms with E-state index < -0.39 is 5.82 Å². The van der Waals surface area contributed by atoms with Gasteiger partial charge in [-0.15, -0.1) is 0 Å². The molecule has 5 heteroatoms. The average Bonchev–Trinajstić information content (AvgIpc) is 3.16. The Bertz CT molecular complexity index is 962. The number of fused-ring (bicyclic) bond motifs is 1. The monoisotopic (exact) mass is 363 g/mol. The minimum Gasteiger partial charge on any atom is -0.378 e. The average molecular weight is 363 g/mol. The van der Waals surface area contributed by atoms with Gasteiger partial charge in [0, 0.05) is 44.8 Å². The smallest absolute Gasteiger partial charge is 0.257 e. The second kappa shape index (κ2) is 6.91. The molecule has 1 aliphatic heterocycles. The van der Waals surface area contributed by atoms with Crippen molar-refractivity contribution in [1.29, 1.82) is 0 Å². The van der Waals surface area contributed by atoms with Gasteiger partial charge in [0.1, 0.15) is 5.82 Å². The Morgan fingerprint density at radius 1 is 1.00 bits per heavy atom. The molecule has 0 unspecified atom stereocenters. The molecule has 0 saturated heterocycles. The van der Waals surface area contributed by atoms with Crippen molar-refractivity contribution in [1.82, 2.24) is 9.47 Å². The third-order valence-electron chi connectivity index (χ3n) is 5.13. The Morgan fingerprint density at radius 2 is 1.74 bits per heavy atom. The molecule has 138 valence electrons. The molecule has 0 aliphatic carbocycles. The number of rotatable bonds is 3. The lowest BCUT2D eigenvalue weighted by molar-refractivity contribution is 0.0659. The Balaban J connectivity index is 1.77. The fourth-order valence-electron chi connectivity index (χ4n) is 3.70. The van der Waals surface area contributed by atoms with Gasteiger partial charge in [-0.2, -0.15) is 0 Å². The second-order valence-electron chi connectivity index (χ2n) is 6.99. The van der Waals surface area contributed by atoms with Gasteiger partial charge >= 0.3 is 0 Å². The van der Waals surface area contributed by atoms with E-state index in [1.807, 2.05) is 61.6 Å². The summed E-state index contributed by atoms with van der Waals surface area (Å²) in [5, 5.41) is 0. The largest absolute Gasteiger partial charge is 0.378 e. The van der Waals surface area contributed by atoms with Crippen molar-refractivity contribution in [3.05, 3.63) is 89.5 Å². The van der Waals surface area contributed by atoms with Crippen LogP contribution in [0.5, 0.6) is 0 Å². The fourth-order valence-corrected chi connectivity index (χ4v) is 3.70. The number of anilines is 1. The van der Waals surface area contributed by atoms with Gasteiger partial charge in [-0.3, -0.25) is 4.79 Å². The lowest BCUT2D eigenvalue weighted by Gasteiger charge is -2.37. The molecule has 4 nitrogen and oxygen atoms in total. The number of halogens is 1. The van der Waals surface area contributed by atoms with E-state index >= 15 is 0 Å². The van der Waals surface area contributed by atoms with E-state index in [2.05, 4.69) is 4.57 Å². The van der Waals surface area contributed by atoms with Crippen LogP contribution >= 0.6 is 0 Å². The summed E-state index contributed by atoms with van der Waals surface area (Å²) < 4.78 is 16.4. The van der Waals surface area contributed by atoms with Crippen LogP contribution in [0.1, 0.15) is 27.7 Å². The molecule has 3 aromatic rings. The summed E-state index contributed by atoms with van der Waals surface area (Å²) in [4.78, 5) is 17.0. The molecule has 0 bridgehead atoms. The van der Waals surface area contributed by atoms with E-state index in [0.717, 1.165) is 16.9 Å². The highest BCUT2D eigenvalue weighted by atomic mass is 19.1. The van der Waals surface area contributed by atoms with Crippen molar-refractivity contribution in [2.45, 2.75) is 12.6 Å². The first-order chi connectivity index (χ1) is 13.1. The molecule has 0 radical (unpaired) electrons. The quantitative estimate of drug-likeness (QED) is 0.705. The first-order valence-electron chi connectivity index (χ1n) is 9.04. The van der Waals surface area contributed by atoms with E-state index in [9.17, 15) is 9.18 Å². The number of hydrogen-bond acceptors (Lipinski definition) is 2. The van der Waals surface area contributed by atoms with Crippen LogP contribution in [0.15, 0.2) is 66.9 Å². The number of hydrogen-bond donors (Lipinski definition) is 0. The van der Waals surface area contributed by atoms with Gasteiger partial charge in [0.05, 0.1) is 11.6 Å². The van der Waals surface area contributed by atoms with Crippen LogP contribution < -0.4 is 4.90 Å². The molecule has 0 fully saturated rings. The third kappa shape index (κ3) is 3.10. The summed E-state index contributed by atoms with van der Waals surface area (Å²) in [7, 11) is 3.99. The Morgan fingerprint density at radius 3 is 2.44 bits per heavy atom. The summed E-state index contributed by atoms with van der Waals surface area (Å²) in [5.41, 5.74) is 3.28. The van der Waals surface area contributed by atoms with Crippen molar-refractivity contribution in [3.63, 3.8) is 0 Å². The predicted octanol–water partition coefficient (Wildman–Crippen LogP) is 3.94. The van der Waals surface area contributed by atoms with Crippen LogP contribution in [0.2, 0.25) is 0 Å². The molecule has 1 atom stereocenters. The fraction of sp³-hybridized carbons (Fsp3) is 0.227. The molecule has 4 rings (SSSR count). The zero-order valence-corrected chi connectivity index (χ0v) is 15.5. The summed E-state index contributed by atoms with van der Waals surface area (Å²) in [6.07, 6.45) is 2.03. The van der Waals surface area contributed by atoms with Crippen LogP contribution in [-0.2, 0) is 6.54 Å². The summed E-state index contributed by atoms with van der Waals surface area (Å²) in [6, 6.07) is 18.2. The van der Waals surface area contributed by atoms with Crippen molar-refractivity contribution < 1.29 is 9.18 Å². The number of nitrogens with zero attached hydrogens (tertiary/aromatic N) is 3. The SMILES string of the molecule is CN(C)c1ccc([C@H]2c3cccn3CCN2C(=O)c2ccccc2F)cc1. The molecule has 0 saturated carbocycles. The molecule has 27 heavy (non-hydrogen) atoms. The maximum atomic E-state index is 14.2. The number of carbonyl (C=O) groups excluding carboxylic acids is 1. The zero-order chi connectivity index (χ0) is 19.0. The number of benzene rings is 2. The van der Waals surface area contributed by atoms with Crippen LogP contribution in [0.4, 0.5) is 10.1 Å². The zero-order valence-electron chi connectivity index (χ0n) is 15.5. The first-order valence-corrected chi connectivity index (χ1v) is 9.04. The van der Waals surface area contributed by atoms with Crippen LogP contribution in [0.25, 0.3) is 0 Å². The summed E-state index contributed by atoms with van der Waals surface area (Å²) in [5.74, 6) is -0.757. The standard InChI is InChI=1S/C22H22FN3O/c1-24(2)17-11-9-16(10-12-17)21-20-8-5-13-25(20)14-15-26(21)22(27)18-6-3-4-7-19(18)23/h3-13,21H,14-15H2,1-2H3/t21-/m0/s1. The van der Waals surface area contributed by atoms with Gasteiger partial charge in [0.25, 0.3) is 5.91 Å². The van der Waals surface area contributed by atoms with Crippen molar-refractivity contribution in [2.24, 2.45) is 0 Å². The van der Waals surface area contributed by atoms with Gasteiger partial charge in [-0.1, -0.05) is 24.3 Å². The highest BCUT2D eigenvalue weighted by Crippen LogP contribution is 2.34. The minimum absolute atomic E-state index is 0.118.